The average Bonchev–Trinajstić information content (AvgIpc) is 2.56. The van der Waals surface area contributed by atoms with Crippen molar-refractivity contribution in [3.05, 3.63) is 48.4 Å². The number of pyridine rings is 2. The van der Waals surface area contributed by atoms with Gasteiger partial charge in [-0.25, -0.2) is 4.98 Å². The molecule has 0 atom stereocenters. The fourth-order valence-electron chi connectivity index (χ4n) is 2.74. The van der Waals surface area contributed by atoms with Crippen LogP contribution in [-0.4, -0.2) is 34.2 Å². The molecule has 0 aliphatic carbocycles. The van der Waals surface area contributed by atoms with Gasteiger partial charge in [0.15, 0.2) is 5.11 Å². The van der Waals surface area contributed by atoms with Crippen molar-refractivity contribution in [1.82, 2.24) is 15.3 Å². The molecule has 3 heterocycles. The maximum absolute atomic E-state index is 5.38. The van der Waals surface area contributed by atoms with E-state index in [0.717, 1.165) is 37.4 Å². The molecule has 1 saturated heterocycles. The Morgan fingerprint density at radius 1 is 1.26 bits per heavy atom. The average molecular weight is 327 g/mol. The number of nitrogens with one attached hydrogen (secondary N) is 2. The first-order valence-corrected chi connectivity index (χ1v) is 8.27. The van der Waals surface area contributed by atoms with Crippen LogP contribution in [0.25, 0.3) is 0 Å². The van der Waals surface area contributed by atoms with Gasteiger partial charge in [-0.05, 0) is 61.8 Å². The van der Waals surface area contributed by atoms with E-state index in [9.17, 15) is 0 Å². The maximum atomic E-state index is 5.38. The summed E-state index contributed by atoms with van der Waals surface area (Å²) >= 11 is 5.38. The van der Waals surface area contributed by atoms with E-state index < -0.39 is 0 Å². The lowest BCUT2D eigenvalue weighted by Crippen LogP contribution is -2.46. The summed E-state index contributed by atoms with van der Waals surface area (Å²) in [6.45, 7) is 4.08. The lowest BCUT2D eigenvalue weighted by Gasteiger charge is -2.33. The highest BCUT2D eigenvalue weighted by atomic mass is 32.1. The van der Waals surface area contributed by atoms with E-state index in [-0.39, 0.29) is 0 Å². The Morgan fingerprint density at radius 3 is 2.78 bits per heavy atom. The molecule has 0 amide bonds. The molecule has 6 heteroatoms. The van der Waals surface area contributed by atoms with E-state index in [4.69, 9.17) is 12.2 Å². The Kier molecular flexibility index (Phi) is 5.02. The molecule has 0 spiro atoms. The van der Waals surface area contributed by atoms with Crippen LogP contribution in [0.1, 0.15) is 18.4 Å². The molecule has 0 radical (unpaired) electrons. The molecule has 1 fully saturated rings. The number of hydrogen-bond donors (Lipinski definition) is 2. The molecular formula is C17H21N5S. The summed E-state index contributed by atoms with van der Waals surface area (Å²) in [7, 11) is 0. The second-order valence-electron chi connectivity index (χ2n) is 5.79. The first-order valence-electron chi connectivity index (χ1n) is 7.86. The van der Waals surface area contributed by atoms with Gasteiger partial charge in [0.05, 0.1) is 11.9 Å². The van der Waals surface area contributed by atoms with Gasteiger partial charge in [0, 0.05) is 31.5 Å². The van der Waals surface area contributed by atoms with Crippen LogP contribution in [0.3, 0.4) is 0 Å². The van der Waals surface area contributed by atoms with Gasteiger partial charge in [-0.1, -0.05) is 0 Å². The molecule has 2 N–H and O–H groups in total. The molecule has 23 heavy (non-hydrogen) atoms. The molecular weight excluding hydrogens is 306 g/mol. The number of rotatable bonds is 3. The third-order valence-corrected chi connectivity index (χ3v) is 4.19. The molecule has 1 aliphatic rings. The van der Waals surface area contributed by atoms with Gasteiger partial charge in [-0.3, -0.25) is 4.98 Å². The quantitative estimate of drug-likeness (QED) is 0.846. The van der Waals surface area contributed by atoms with Crippen LogP contribution < -0.4 is 15.5 Å². The van der Waals surface area contributed by atoms with E-state index in [0.29, 0.717) is 11.2 Å². The van der Waals surface area contributed by atoms with Gasteiger partial charge in [0.1, 0.15) is 5.82 Å². The van der Waals surface area contributed by atoms with Gasteiger partial charge < -0.3 is 15.5 Å². The minimum atomic E-state index is 0.396. The zero-order chi connectivity index (χ0) is 16.1. The van der Waals surface area contributed by atoms with Crippen molar-refractivity contribution in [2.45, 2.75) is 25.8 Å². The normalized spacial score (nSPS) is 15.3. The van der Waals surface area contributed by atoms with Crippen LogP contribution in [0.2, 0.25) is 0 Å². The first kappa shape index (κ1) is 15.7. The molecule has 2 aromatic rings. The number of anilines is 2. The number of nitrogens with zero attached hydrogens (tertiary/aromatic N) is 3. The van der Waals surface area contributed by atoms with Crippen LogP contribution >= 0.6 is 12.2 Å². The molecule has 3 rings (SSSR count). The predicted molar refractivity (Wildman–Crippen MR) is 97.8 cm³/mol. The van der Waals surface area contributed by atoms with Crippen molar-refractivity contribution in [3.8, 4) is 0 Å². The smallest absolute Gasteiger partial charge is 0.171 e. The summed E-state index contributed by atoms with van der Waals surface area (Å²) in [4.78, 5) is 10.9. The highest BCUT2D eigenvalue weighted by molar-refractivity contribution is 7.80. The van der Waals surface area contributed by atoms with Gasteiger partial charge >= 0.3 is 0 Å². The van der Waals surface area contributed by atoms with Crippen LogP contribution in [-0.2, 0) is 0 Å². The van der Waals surface area contributed by atoms with E-state index in [1.807, 2.05) is 24.4 Å². The summed E-state index contributed by atoms with van der Waals surface area (Å²) in [5.41, 5.74) is 2.16. The second-order valence-corrected chi connectivity index (χ2v) is 6.20. The Hall–Kier alpha value is -2.21. The van der Waals surface area contributed by atoms with Crippen LogP contribution in [0.5, 0.6) is 0 Å². The van der Waals surface area contributed by atoms with Crippen molar-refractivity contribution < 1.29 is 0 Å². The third-order valence-electron chi connectivity index (χ3n) is 3.97. The van der Waals surface area contributed by atoms with E-state index in [1.165, 1.54) is 5.56 Å². The number of thiocarbonyl (C=S) groups is 1. The zero-order valence-electron chi connectivity index (χ0n) is 13.2. The molecule has 1 aliphatic heterocycles. The molecule has 0 aromatic carbocycles. The van der Waals surface area contributed by atoms with Crippen LogP contribution in [0.15, 0.2) is 42.9 Å². The highest BCUT2D eigenvalue weighted by Gasteiger charge is 2.20. The standard InChI is InChI=1S/C17H21N5S/c1-13-4-8-19-16(11-13)22-9-5-14(6-10-22)20-17(23)21-15-3-2-7-18-12-15/h2-4,7-8,11-12,14H,5-6,9-10H2,1H3,(H2,20,21,23). The SMILES string of the molecule is Cc1ccnc(N2CCC(NC(=S)Nc3cccnc3)CC2)c1. The number of piperidine rings is 1. The Balaban J connectivity index is 1.48. The summed E-state index contributed by atoms with van der Waals surface area (Å²) in [5.74, 6) is 1.07. The third kappa shape index (κ3) is 4.39. The largest absolute Gasteiger partial charge is 0.360 e. The number of hydrogen-bond acceptors (Lipinski definition) is 4. The second kappa shape index (κ2) is 7.37. The maximum Gasteiger partial charge on any atom is 0.171 e. The predicted octanol–water partition coefficient (Wildman–Crippen LogP) is 2.74. The highest BCUT2D eigenvalue weighted by Crippen LogP contribution is 2.18. The van der Waals surface area contributed by atoms with Gasteiger partial charge in [0.2, 0.25) is 0 Å². The fourth-order valence-corrected chi connectivity index (χ4v) is 3.02. The van der Waals surface area contributed by atoms with Gasteiger partial charge in [-0.2, -0.15) is 0 Å². The topological polar surface area (TPSA) is 53.1 Å². The minimum absolute atomic E-state index is 0.396. The van der Waals surface area contributed by atoms with E-state index in [1.54, 1.807) is 12.4 Å². The van der Waals surface area contributed by atoms with E-state index in [2.05, 4.69) is 38.5 Å². The van der Waals surface area contributed by atoms with Crippen LogP contribution in [0.4, 0.5) is 11.5 Å². The van der Waals surface area contributed by atoms with Gasteiger partial charge in [-0.15, -0.1) is 0 Å². The van der Waals surface area contributed by atoms with Crippen molar-refractivity contribution in [1.29, 1.82) is 0 Å². The van der Waals surface area contributed by atoms with Gasteiger partial charge in [0.25, 0.3) is 0 Å². The Bertz CT molecular complexity index is 653. The zero-order valence-corrected chi connectivity index (χ0v) is 14.0. The molecule has 120 valence electrons. The first-order chi connectivity index (χ1) is 11.2. The number of aryl methyl sites for hydroxylation is 1. The summed E-state index contributed by atoms with van der Waals surface area (Å²) in [6.07, 6.45) is 7.48. The van der Waals surface area contributed by atoms with Crippen molar-refractivity contribution in [3.63, 3.8) is 0 Å². The summed E-state index contributed by atoms with van der Waals surface area (Å²) in [5, 5.41) is 7.23. The Labute approximate surface area is 142 Å². The molecule has 5 nitrogen and oxygen atoms in total. The molecule has 0 saturated carbocycles. The summed E-state index contributed by atoms with van der Waals surface area (Å²) < 4.78 is 0. The minimum Gasteiger partial charge on any atom is -0.360 e. The molecule has 0 bridgehead atoms. The van der Waals surface area contributed by atoms with Crippen molar-refractivity contribution in [2.24, 2.45) is 0 Å². The fraction of sp³-hybridized carbons (Fsp3) is 0.353. The molecule has 0 unspecified atom stereocenters. The van der Waals surface area contributed by atoms with Crippen molar-refractivity contribution >= 4 is 28.8 Å². The lowest BCUT2D eigenvalue weighted by atomic mass is 10.1. The lowest BCUT2D eigenvalue weighted by molar-refractivity contribution is 0.466. The number of aromatic nitrogens is 2. The monoisotopic (exact) mass is 327 g/mol. The molecule has 2 aromatic heterocycles. The Morgan fingerprint density at radius 2 is 2.09 bits per heavy atom. The van der Waals surface area contributed by atoms with Crippen LogP contribution in [0, 0.1) is 6.92 Å². The van der Waals surface area contributed by atoms with Crippen molar-refractivity contribution in [2.75, 3.05) is 23.3 Å². The van der Waals surface area contributed by atoms with E-state index >= 15 is 0 Å². The summed E-state index contributed by atoms with van der Waals surface area (Å²) in [6, 6.07) is 8.40.